The topological polar surface area (TPSA) is 15.3 Å². The number of hydrogen-bond donors (Lipinski definition) is 1. The van der Waals surface area contributed by atoms with Crippen molar-refractivity contribution in [1.29, 1.82) is 0 Å². The van der Waals surface area contributed by atoms with Gasteiger partial charge in [-0.3, -0.25) is 4.90 Å². The third-order valence-electron chi connectivity index (χ3n) is 5.52. The molecule has 0 radical (unpaired) electrons. The van der Waals surface area contributed by atoms with E-state index in [0.29, 0.717) is 11.5 Å². The van der Waals surface area contributed by atoms with Crippen LogP contribution in [-0.4, -0.2) is 36.1 Å². The van der Waals surface area contributed by atoms with Gasteiger partial charge in [0.15, 0.2) is 0 Å². The Balaban J connectivity index is 1.93. The summed E-state index contributed by atoms with van der Waals surface area (Å²) in [6.07, 6.45) is 11.2. The van der Waals surface area contributed by atoms with Crippen LogP contribution in [0.1, 0.15) is 79.1 Å². The zero-order chi connectivity index (χ0) is 14.6. The zero-order valence-electron chi connectivity index (χ0n) is 14.3. The molecule has 118 valence electrons. The molecule has 2 aliphatic rings. The standard InChI is InChI=1S/C18H36N2/c1-15(2)20(14-16-8-5-6-13-19-16)17-9-7-11-18(3,4)12-10-17/h15-17,19H,5-14H2,1-4H3. The molecule has 1 heterocycles. The highest BCUT2D eigenvalue weighted by molar-refractivity contribution is 4.86. The van der Waals surface area contributed by atoms with Gasteiger partial charge in [-0.2, -0.15) is 0 Å². The van der Waals surface area contributed by atoms with Gasteiger partial charge in [0.05, 0.1) is 0 Å². The average Bonchev–Trinajstić information content (AvgIpc) is 2.58. The number of nitrogens with one attached hydrogen (secondary N) is 1. The van der Waals surface area contributed by atoms with Gasteiger partial charge in [0.1, 0.15) is 0 Å². The van der Waals surface area contributed by atoms with E-state index in [9.17, 15) is 0 Å². The van der Waals surface area contributed by atoms with E-state index in [0.717, 1.165) is 12.1 Å². The molecule has 2 unspecified atom stereocenters. The molecule has 1 aliphatic heterocycles. The van der Waals surface area contributed by atoms with Crippen LogP contribution < -0.4 is 5.32 Å². The molecular weight excluding hydrogens is 244 g/mol. The minimum Gasteiger partial charge on any atom is -0.313 e. The van der Waals surface area contributed by atoms with Crippen molar-refractivity contribution >= 4 is 0 Å². The smallest absolute Gasteiger partial charge is 0.0195 e. The molecule has 0 bridgehead atoms. The molecule has 0 amide bonds. The van der Waals surface area contributed by atoms with Gasteiger partial charge in [0.25, 0.3) is 0 Å². The normalized spacial score (nSPS) is 31.5. The number of rotatable bonds is 4. The predicted molar refractivity (Wildman–Crippen MR) is 88.1 cm³/mol. The Bertz CT molecular complexity index is 279. The van der Waals surface area contributed by atoms with Crippen LogP contribution in [0, 0.1) is 5.41 Å². The molecule has 0 spiro atoms. The maximum absolute atomic E-state index is 3.73. The summed E-state index contributed by atoms with van der Waals surface area (Å²) in [5.41, 5.74) is 0.570. The first kappa shape index (κ1) is 16.3. The monoisotopic (exact) mass is 280 g/mol. The summed E-state index contributed by atoms with van der Waals surface area (Å²) in [4.78, 5) is 2.81. The fraction of sp³-hybridized carbons (Fsp3) is 1.00. The number of nitrogens with zero attached hydrogens (tertiary/aromatic N) is 1. The van der Waals surface area contributed by atoms with Gasteiger partial charge >= 0.3 is 0 Å². The second-order valence-electron chi connectivity index (χ2n) is 8.19. The maximum Gasteiger partial charge on any atom is 0.0195 e. The highest BCUT2D eigenvalue weighted by Gasteiger charge is 2.30. The van der Waals surface area contributed by atoms with E-state index in [4.69, 9.17) is 0 Å². The minimum atomic E-state index is 0.570. The van der Waals surface area contributed by atoms with Gasteiger partial charge in [0, 0.05) is 24.7 Å². The van der Waals surface area contributed by atoms with Crippen LogP contribution in [-0.2, 0) is 0 Å². The van der Waals surface area contributed by atoms with Gasteiger partial charge in [-0.15, -0.1) is 0 Å². The fourth-order valence-electron chi connectivity index (χ4n) is 4.09. The molecule has 1 aliphatic carbocycles. The van der Waals surface area contributed by atoms with Crippen LogP contribution in [0.3, 0.4) is 0 Å². The molecule has 2 heteroatoms. The quantitative estimate of drug-likeness (QED) is 0.777. The van der Waals surface area contributed by atoms with Crippen molar-refractivity contribution in [3.8, 4) is 0 Å². The SMILES string of the molecule is CC(C)N(CC1CCCCN1)C1CCCC(C)(C)CC1. The van der Waals surface area contributed by atoms with E-state index in [2.05, 4.69) is 37.9 Å². The fourth-order valence-corrected chi connectivity index (χ4v) is 4.09. The summed E-state index contributed by atoms with van der Waals surface area (Å²) >= 11 is 0. The van der Waals surface area contributed by atoms with Crippen LogP contribution in [0.2, 0.25) is 0 Å². The van der Waals surface area contributed by atoms with Crippen molar-refractivity contribution in [2.75, 3.05) is 13.1 Å². The minimum absolute atomic E-state index is 0.570. The lowest BCUT2D eigenvalue weighted by atomic mass is 9.85. The van der Waals surface area contributed by atoms with Gasteiger partial charge in [-0.05, 0) is 64.3 Å². The van der Waals surface area contributed by atoms with E-state index < -0.39 is 0 Å². The lowest BCUT2D eigenvalue weighted by Gasteiger charge is -2.38. The number of piperidine rings is 1. The first-order valence-corrected chi connectivity index (χ1v) is 8.97. The Morgan fingerprint density at radius 3 is 2.50 bits per heavy atom. The van der Waals surface area contributed by atoms with E-state index in [1.807, 2.05) is 0 Å². The third-order valence-corrected chi connectivity index (χ3v) is 5.52. The van der Waals surface area contributed by atoms with Gasteiger partial charge in [-0.1, -0.05) is 26.7 Å². The Morgan fingerprint density at radius 1 is 1.05 bits per heavy atom. The van der Waals surface area contributed by atoms with Crippen LogP contribution in [0.4, 0.5) is 0 Å². The van der Waals surface area contributed by atoms with Crippen molar-refractivity contribution < 1.29 is 0 Å². The molecule has 1 saturated carbocycles. The Hall–Kier alpha value is -0.0800. The molecular formula is C18H36N2. The van der Waals surface area contributed by atoms with Crippen LogP contribution in [0.15, 0.2) is 0 Å². The summed E-state index contributed by atoms with van der Waals surface area (Å²) in [6.45, 7) is 12.2. The van der Waals surface area contributed by atoms with Crippen LogP contribution in [0.5, 0.6) is 0 Å². The van der Waals surface area contributed by atoms with Crippen molar-refractivity contribution in [2.45, 2.75) is 97.2 Å². The average molecular weight is 281 g/mol. The molecule has 2 nitrogen and oxygen atoms in total. The van der Waals surface area contributed by atoms with Crippen molar-refractivity contribution in [3.05, 3.63) is 0 Å². The summed E-state index contributed by atoms with van der Waals surface area (Å²) in [5, 5.41) is 3.73. The Morgan fingerprint density at radius 2 is 1.85 bits per heavy atom. The summed E-state index contributed by atoms with van der Waals surface area (Å²) in [5.74, 6) is 0. The predicted octanol–water partition coefficient (Wildman–Crippen LogP) is 4.20. The van der Waals surface area contributed by atoms with Crippen molar-refractivity contribution in [1.82, 2.24) is 10.2 Å². The van der Waals surface area contributed by atoms with Crippen LogP contribution in [0.25, 0.3) is 0 Å². The molecule has 20 heavy (non-hydrogen) atoms. The largest absolute Gasteiger partial charge is 0.313 e. The lowest BCUT2D eigenvalue weighted by Crippen LogP contribution is -2.49. The van der Waals surface area contributed by atoms with E-state index >= 15 is 0 Å². The number of hydrogen-bond acceptors (Lipinski definition) is 2. The second kappa shape index (κ2) is 7.26. The second-order valence-corrected chi connectivity index (χ2v) is 8.19. The van der Waals surface area contributed by atoms with E-state index in [1.54, 1.807) is 0 Å². The summed E-state index contributed by atoms with van der Waals surface area (Å²) in [6, 6.07) is 2.24. The van der Waals surface area contributed by atoms with Gasteiger partial charge in [-0.25, -0.2) is 0 Å². The van der Waals surface area contributed by atoms with E-state index in [-0.39, 0.29) is 0 Å². The molecule has 2 rings (SSSR count). The van der Waals surface area contributed by atoms with Gasteiger partial charge in [0.2, 0.25) is 0 Å². The zero-order valence-corrected chi connectivity index (χ0v) is 14.3. The molecule has 0 aromatic rings. The Labute approximate surface area is 126 Å². The third kappa shape index (κ3) is 4.73. The highest BCUT2D eigenvalue weighted by atomic mass is 15.2. The lowest BCUT2D eigenvalue weighted by molar-refractivity contribution is 0.114. The Kier molecular flexibility index (Phi) is 5.92. The summed E-state index contributed by atoms with van der Waals surface area (Å²) in [7, 11) is 0. The molecule has 0 aromatic heterocycles. The van der Waals surface area contributed by atoms with Gasteiger partial charge < -0.3 is 5.32 Å². The van der Waals surface area contributed by atoms with Crippen molar-refractivity contribution in [3.63, 3.8) is 0 Å². The molecule has 1 saturated heterocycles. The molecule has 2 atom stereocenters. The maximum atomic E-state index is 3.73. The first-order valence-electron chi connectivity index (χ1n) is 8.97. The van der Waals surface area contributed by atoms with E-state index in [1.165, 1.54) is 64.5 Å². The summed E-state index contributed by atoms with van der Waals surface area (Å²) < 4.78 is 0. The molecule has 1 N–H and O–H groups in total. The van der Waals surface area contributed by atoms with Crippen LogP contribution >= 0.6 is 0 Å². The molecule has 0 aromatic carbocycles. The molecule has 2 fully saturated rings. The first-order chi connectivity index (χ1) is 9.48. The highest BCUT2D eigenvalue weighted by Crippen LogP contribution is 2.35. The van der Waals surface area contributed by atoms with Crippen molar-refractivity contribution in [2.24, 2.45) is 5.41 Å².